The van der Waals surface area contributed by atoms with Crippen LogP contribution in [0.4, 0.5) is 0 Å². The van der Waals surface area contributed by atoms with Crippen molar-refractivity contribution in [3.05, 3.63) is 0 Å². The molecule has 0 amide bonds. The van der Waals surface area contributed by atoms with Crippen LogP contribution in [-0.4, -0.2) is 62.5 Å². The van der Waals surface area contributed by atoms with Crippen LogP contribution in [0.2, 0.25) is 0 Å². The molecular formula is C12H22N2O2. The van der Waals surface area contributed by atoms with Gasteiger partial charge in [-0.1, -0.05) is 0 Å². The zero-order valence-electron chi connectivity index (χ0n) is 9.91. The van der Waals surface area contributed by atoms with E-state index in [9.17, 15) is 0 Å². The molecule has 3 aliphatic heterocycles. The predicted octanol–water partition coefficient (Wildman–Crippen LogP) is 0.230. The van der Waals surface area contributed by atoms with Crippen molar-refractivity contribution in [2.45, 2.75) is 30.8 Å². The number of ether oxygens (including phenoxy) is 2. The summed E-state index contributed by atoms with van der Waals surface area (Å²) in [5, 5.41) is 3.61. The van der Waals surface area contributed by atoms with E-state index in [0.29, 0.717) is 11.6 Å². The number of nitrogens with zero attached hydrogens (tertiary/aromatic N) is 1. The van der Waals surface area contributed by atoms with Crippen molar-refractivity contribution in [1.82, 2.24) is 10.2 Å². The Balaban J connectivity index is 1.82. The molecule has 0 saturated carbocycles. The average Bonchev–Trinajstić information content (AvgIpc) is 2.52. The zero-order chi connectivity index (χ0) is 10.8. The maximum Gasteiger partial charge on any atom is 0.0623 e. The molecular weight excluding hydrogens is 204 g/mol. The molecule has 0 radical (unpaired) electrons. The van der Waals surface area contributed by atoms with E-state index in [1.54, 1.807) is 0 Å². The molecule has 0 bridgehead atoms. The third kappa shape index (κ3) is 1.88. The Morgan fingerprint density at radius 3 is 2.88 bits per heavy atom. The van der Waals surface area contributed by atoms with Crippen LogP contribution in [0, 0.1) is 0 Å². The summed E-state index contributed by atoms with van der Waals surface area (Å²) < 4.78 is 11.2. The minimum atomic E-state index is 0.350. The summed E-state index contributed by atoms with van der Waals surface area (Å²) in [6, 6.07) is 0.627. The Kier molecular flexibility index (Phi) is 3.16. The lowest BCUT2D eigenvalue weighted by Gasteiger charge is -2.50. The van der Waals surface area contributed by atoms with E-state index < -0.39 is 0 Å². The molecule has 3 aliphatic rings. The molecule has 1 spiro atoms. The molecule has 4 nitrogen and oxygen atoms in total. The lowest BCUT2D eigenvalue weighted by atomic mass is 9.86. The summed E-state index contributed by atoms with van der Waals surface area (Å²) in [7, 11) is 0. The summed E-state index contributed by atoms with van der Waals surface area (Å²) in [5.74, 6) is 0. The smallest absolute Gasteiger partial charge is 0.0623 e. The van der Waals surface area contributed by atoms with Crippen molar-refractivity contribution in [2.24, 2.45) is 0 Å². The van der Waals surface area contributed by atoms with Gasteiger partial charge in [0.25, 0.3) is 0 Å². The van der Waals surface area contributed by atoms with E-state index in [2.05, 4.69) is 10.2 Å². The second-order valence-electron chi connectivity index (χ2n) is 5.22. The van der Waals surface area contributed by atoms with Gasteiger partial charge in [0.15, 0.2) is 0 Å². The Bertz CT molecular complexity index is 241. The van der Waals surface area contributed by atoms with Gasteiger partial charge in [0.05, 0.1) is 13.2 Å². The Morgan fingerprint density at radius 1 is 1.12 bits per heavy atom. The predicted molar refractivity (Wildman–Crippen MR) is 61.6 cm³/mol. The molecule has 3 heterocycles. The van der Waals surface area contributed by atoms with Gasteiger partial charge in [0.2, 0.25) is 0 Å². The van der Waals surface area contributed by atoms with Crippen molar-refractivity contribution in [3.63, 3.8) is 0 Å². The standard InChI is InChI=1S/C12H22N2O2/c1-4-13-10-12(2-6-15-7-3-12)14-5-8-16-9-11(1)14/h11,13H,1-10H2. The molecule has 92 valence electrons. The molecule has 0 aromatic carbocycles. The maximum absolute atomic E-state index is 5.63. The molecule has 0 aromatic rings. The monoisotopic (exact) mass is 226 g/mol. The Morgan fingerprint density at radius 2 is 2.00 bits per heavy atom. The highest BCUT2D eigenvalue weighted by Crippen LogP contribution is 2.32. The quantitative estimate of drug-likeness (QED) is 0.641. The van der Waals surface area contributed by atoms with Gasteiger partial charge >= 0.3 is 0 Å². The first-order chi connectivity index (χ1) is 7.91. The molecule has 1 N–H and O–H groups in total. The van der Waals surface area contributed by atoms with Crippen molar-refractivity contribution in [1.29, 1.82) is 0 Å². The minimum Gasteiger partial charge on any atom is -0.381 e. The molecule has 1 atom stereocenters. The third-order valence-corrected chi connectivity index (χ3v) is 4.37. The van der Waals surface area contributed by atoms with Crippen LogP contribution in [-0.2, 0) is 9.47 Å². The zero-order valence-corrected chi connectivity index (χ0v) is 9.91. The van der Waals surface area contributed by atoms with Crippen molar-refractivity contribution < 1.29 is 9.47 Å². The fourth-order valence-electron chi connectivity index (χ4n) is 3.43. The van der Waals surface area contributed by atoms with E-state index in [1.165, 1.54) is 19.3 Å². The average molecular weight is 226 g/mol. The first-order valence-corrected chi connectivity index (χ1v) is 6.54. The molecule has 3 rings (SSSR count). The van der Waals surface area contributed by atoms with Gasteiger partial charge in [-0.05, 0) is 25.8 Å². The SMILES string of the molecule is C1CC2COCCN2C2(CCOCC2)CN1. The van der Waals surface area contributed by atoms with Crippen LogP contribution < -0.4 is 5.32 Å². The minimum absolute atomic E-state index is 0.350. The first kappa shape index (κ1) is 11.0. The summed E-state index contributed by atoms with van der Waals surface area (Å²) in [6.45, 7) is 7.03. The maximum atomic E-state index is 5.63. The molecule has 4 heteroatoms. The fourth-order valence-corrected chi connectivity index (χ4v) is 3.43. The van der Waals surface area contributed by atoms with E-state index in [0.717, 1.165) is 46.1 Å². The van der Waals surface area contributed by atoms with Crippen LogP contribution in [0.1, 0.15) is 19.3 Å². The summed E-state index contributed by atoms with van der Waals surface area (Å²) in [4.78, 5) is 2.72. The number of hydrogen-bond donors (Lipinski definition) is 1. The van der Waals surface area contributed by atoms with E-state index in [1.807, 2.05) is 0 Å². The van der Waals surface area contributed by atoms with Crippen LogP contribution in [0.15, 0.2) is 0 Å². The number of fused-ring (bicyclic) bond motifs is 2. The van der Waals surface area contributed by atoms with Gasteiger partial charge in [-0.2, -0.15) is 0 Å². The number of hydrogen-bond acceptors (Lipinski definition) is 4. The topological polar surface area (TPSA) is 33.7 Å². The highest BCUT2D eigenvalue weighted by Gasteiger charge is 2.43. The first-order valence-electron chi connectivity index (χ1n) is 6.54. The van der Waals surface area contributed by atoms with Crippen LogP contribution in [0.25, 0.3) is 0 Å². The fraction of sp³-hybridized carbons (Fsp3) is 1.00. The molecule has 0 aliphatic carbocycles. The molecule has 0 aromatic heterocycles. The summed E-state index contributed by atoms with van der Waals surface area (Å²) >= 11 is 0. The Labute approximate surface area is 97.3 Å². The van der Waals surface area contributed by atoms with Crippen LogP contribution >= 0.6 is 0 Å². The highest BCUT2D eigenvalue weighted by molar-refractivity contribution is 5.00. The van der Waals surface area contributed by atoms with E-state index in [-0.39, 0.29) is 0 Å². The van der Waals surface area contributed by atoms with Crippen LogP contribution in [0.5, 0.6) is 0 Å². The molecule has 1 unspecified atom stereocenters. The summed E-state index contributed by atoms with van der Waals surface area (Å²) in [5.41, 5.74) is 0.350. The second kappa shape index (κ2) is 4.61. The largest absolute Gasteiger partial charge is 0.381 e. The normalized spacial score (nSPS) is 35.6. The summed E-state index contributed by atoms with van der Waals surface area (Å²) in [6.07, 6.45) is 3.58. The molecule has 16 heavy (non-hydrogen) atoms. The van der Waals surface area contributed by atoms with Gasteiger partial charge in [0.1, 0.15) is 0 Å². The van der Waals surface area contributed by atoms with Gasteiger partial charge in [-0.3, -0.25) is 4.90 Å². The second-order valence-corrected chi connectivity index (χ2v) is 5.22. The van der Waals surface area contributed by atoms with Gasteiger partial charge in [-0.25, -0.2) is 0 Å². The lowest BCUT2D eigenvalue weighted by Crippen LogP contribution is -2.62. The van der Waals surface area contributed by atoms with Crippen molar-refractivity contribution in [2.75, 3.05) is 46.1 Å². The van der Waals surface area contributed by atoms with Gasteiger partial charge in [-0.15, -0.1) is 0 Å². The number of nitrogens with one attached hydrogen (secondary N) is 1. The molecule has 3 fully saturated rings. The number of morpholine rings is 1. The van der Waals surface area contributed by atoms with E-state index >= 15 is 0 Å². The van der Waals surface area contributed by atoms with E-state index in [4.69, 9.17) is 9.47 Å². The van der Waals surface area contributed by atoms with Gasteiger partial charge in [0, 0.05) is 37.9 Å². The van der Waals surface area contributed by atoms with Gasteiger partial charge < -0.3 is 14.8 Å². The van der Waals surface area contributed by atoms with Crippen LogP contribution in [0.3, 0.4) is 0 Å². The number of rotatable bonds is 0. The lowest BCUT2D eigenvalue weighted by molar-refractivity contribution is -0.0946. The van der Waals surface area contributed by atoms with Crippen molar-refractivity contribution >= 4 is 0 Å². The highest BCUT2D eigenvalue weighted by atomic mass is 16.5. The van der Waals surface area contributed by atoms with Crippen molar-refractivity contribution in [3.8, 4) is 0 Å². The Hall–Kier alpha value is -0.160. The molecule has 3 saturated heterocycles. The third-order valence-electron chi connectivity index (χ3n) is 4.37.